The lowest BCUT2D eigenvalue weighted by Gasteiger charge is -2.10. The van der Waals surface area contributed by atoms with Crippen molar-refractivity contribution in [3.05, 3.63) is 57.3 Å². The number of thiazole rings is 1. The molecule has 0 saturated carbocycles. The summed E-state index contributed by atoms with van der Waals surface area (Å²) in [5.74, 6) is 0.330. The quantitative estimate of drug-likeness (QED) is 0.717. The number of ether oxygens (including phenoxy) is 1. The molecule has 0 saturated heterocycles. The Morgan fingerprint density at radius 2 is 2.04 bits per heavy atom. The number of hydrogen-bond acceptors (Lipinski definition) is 6. The maximum absolute atomic E-state index is 12.4. The number of fused-ring (bicyclic) bond motifs is 1. The highest BCUT2D eigenvalue weighted by Crippen LogP contribution is 2.29. The number of benzene rings is 1. The van der Waals surface area contributed by atoms with Crippen molar-refractivity contribution in [1.29, 1.82) is 0 Å². The fourth-order valence-corrected chi connectivity index (χ4v) is 4.33. The summed E-state index contributed by atoms with van der Waals surface area (Å²) >= 11 is 1.52. The highest BCUT2D eigenvalue weighted by molar-refractivity contribution is 7.15. The third kappa shape index (κ3) is 3.82. The normalized spacial score (nSPS) is 13.0. The van der Waals surface area contributed by atoms with Crippen LogP contribution in [-0.4, -0.2) is 27.8 Å². The molecule has 1 N–H and O–H groups in total. The number of para-hydroxylation sites is 1. The van der Waals surface area contributed by atoms with E-state index in [1.54, 1.807) is 13.2 Å². The Kier molecular flexibility index (Phi) is 5.21. The molecular weight excluding hydrogens is 376 g/mol. The number of carbonyl (C=O) groups is 1. The molecular formula is C20H20N4O3S. The Morgan fingerprint density at radius 3 is 2.86 bits per heavy atom. The van der Waals surface area contributed by atoms with E-state index in [2.05, 4.69) is 15.4 Å². The fraction of sp³-hybridized carbons (Fsp3) is 0.300. The minimum atomic E-state index is -0.341. The van der Waals surface area contributed by atoms with Gasteiger partial charge in [0.25, 0.3) is 5.56 Å². The monoisotopic (exact) mass is 396 g/mol. The van der Waals surface area contributed by atoms with E-state index in [0.29, 0.717) is 16.6 Å². The Balaban J connectivity index is 1.53. The first-order valence-electron chi connectivity index (χ1n) is 9.14. The molecule has 0 radical (unpaired) electrons. The van der Waals surface area contributed by atoms with Gasteiger partial charge in [-0.05, 0) is 43.9 Å². The van der Waals surface area contributed by atoms with Gasteiger partial charge in [0.2, 0.25) is 5.91 Å². The number of amides is 1. The molecule has 28 heavy (non-hydrogen) atoms. The average Bonchev–Trinajstić information content (AvgIpc) is 3.11. The van der Waals surface area contributed by atoms with E-state index in [1.165, 1.54) is 22.3 Å². The number of aromatic nitrogens is 3. The molecule has 7 nitrogen and oxygen atoms in total. The third-order valence-corrected chi connectivity index (χ3v) is 5.71. The van der Waals surface area contributed by atoms with E-state index < -0.39 is 0 Å². The molecule has 1 aromatic carbocycles. The summed E-state index contributed by atoms with van der Waals surface area (Å²) < 4.78 is 6.51. The van der Waals surface area contributed by atoms with Crippen molar-refractivity contribution in [2.75, 3.05) is 12.4 Å². The Labute approximate surface area is 166 Å². The standard InChI is InChI=1S/C20H20N4O3S/c1-27-16-8-4-2-6-13(16)14-10-11-19(26)24(23-14)12-18(25)22-20-21-15-7-3-5-9-17(15)28-20/h2,4,6,8,10-11H,3,5,7,9,12H2,1H3,(H,21,22,25). The third-order valence-electron chi connectivity index (χ3n) is 4.63. The number of rotatable bonds is 5. The van der Waals surface area contributed by atoms with E-state index >= 15 is 0 Å². The first-order chi connectivity index (χ1) is 13.6. The molecule has 4 rings (SSSR count). The predicted molar refractivity (Wildman–Crippen MR) is 108 cm³/mol. The van der Waals surface area contributed by atoms with Gasteiger partial charge < -0.3 is 10.1 Å². The van der Waals surface area contributed by atoms with Gasteiger partial charge in [-0.2, -0.15) is 5.10 Å². The second kappa shape index (κ2) is 7.93. The van der Waals surface area contributed by atoms with Crippen molar-refractivity contribution in [2.24, 2.45) is 0 Å². The summed E-state index contributed by atoms with van der Waals surface area (Å²) in [4.78, 5) is 30.4. The molecule has 2 heterocycles. The maximum Gasteiger partial charge on any atom is 0.267 e. The molecule has 3 aromatic rings. The summed E-state index contributed by atoms with van der Waals surface area (Å²) in [7, 11) is 1.58. The summed E-state index contributed by atoms with van der Waals surface area (Å²) in [5, 5.41) is 7.73. The van der Waals surface area contributed by atoms with Crippen LogP contribution in [0.1, 0.15) is 23.4 Å². The summed E-state index contributed by atoms with van der Waals surface area (Å²) in [6, 6.07) is 10.4. The zero-order valence-electron chi connectivity index (χ0n) is 15.5. The first-order valence-corrected chi connectivity index (χ1v) is 9.95. The van der Waals surface area contributed by atoms with Crippen LogP contribution in [0.2, 0.25) is 0 Å². The van der Waals surface area contributed by atoms with Crippen LogP contribution in [0.25, 0.3) is 11.3 Å². The fourth-order valence-electron chi connectivity index (χ4n) is 3.26. The second-order valence-corrected chi connectivity index (χ2v) is 7.64. The van der Waals surface area contributed by atoms with E-state index in [-0.39, 0.29) is 18.0 Å². The summed E-state index contributed by atoms with van der Waals surface area (Å²) in [5.41, 5.74) is 2.06. The number of nitrogens with one attached hydrogen (secondary N) is 1. The molecule has 0 atom stereocenters. The largest absolute Gasteiger partial charge is 0.496 e. The highest BCUT2D eigenvalue weighted by atomic mass is 32.1. The SMILES string of the molecule is COc1ccccc1-c1ccc(=O)n(CC(=O)Nc2nc3c(s2)CCCC3)n1. The zero-order valence-corrected chi connectivity index (χ0v) is 16.3. The van der Waals surface area contributed by atoms with Gasteiger partial charge in [-0.1, -0.05) is 12.1 Å². The minimum absolute atomic E-state index is 0.175. The number of nitrogens with zero attached hydrogens (tertiary/aromatic N) is 3. The number of carbonyl (C=O) groups excluding carboxylic acids is 1. The van der Waals surface area contributed by atoms with Crippen molar-refractivity contribution in [1.82, 2.24) is 14.8 Å². The van der Waals surface area contributed by atoms with Crippen molar-refractivity contribution in [3.63, 3.8) is 0 Å². The molecule has 0 unspecified atom stereocenters. The second-order valence-electron chi connectivity index (χ2n) is 6.56. The lowest BCUT2D eigenvalue weighted by Crippen LogP contribution is -2.29. The Morgan fingerprint density at radius 1 is 1.21 bits per heavy atom. The van der Waals surface area contributed by atoms with Crippen LogP contribution in [0.3, 0.4) is 0 Å². The minimum Gasteiger partial charge on any atom is -0.496 e. The highest BCUT2D eigenvalue weighted by Gasteiger charge is 2.17. The molecule has 2 aromatic heterocycles. The van der Waals surface area contributed by atoms with Crippen molar-refractivity contribution in [2.45, 2.75) is 32.2 Å². The van der Waals surface area contributed by atoms with Gasteiger partial charge >= 0.3 is 0 Å². The lowest BCUT2D eigenvalue weighted by atomic mass is 10.0. The van der Waals surface area contributed by atoms with E-state index in [9.17, 15) is 9.59 Å². The van der Waals surface area contributed by atoms with Gasteiger partial charge in [-0.3, -0.25) is 9.59 Å². The van der Waals surface area contributed by atoms with Gasteiger partial charge in [0, 0.05) is 16.5 Å². The van der Waals surface area contributed by atoms with Crippen LogP contribution >= 0.6 is 11.3 Å². The Bertz CT molecular complexity index is 1050. The predicted octanol–water partition coefficient (Wildman–Crippen LogP) is 2.89. The van der Waals surface area contributed by atoms with Gasteiger partial charge in [0.1, 0.15) is 12.3 Å². The van der Waals surface area contributed by atoms with E-state index in [1.807, 2.05) is 24.3 Å². The number of anilines is 1. The van der Waals surface area contributed by atoms with Gasteiger partial charge in [0.15, 0.2) is 5.13 Å². The molecule has 0 spiro atoms. The molecule has 8 heteroatoms. The summed E-state index contributed by atoms with van der Waals surface area (Å²) in [6.07, 6.45) is 4.28. The van der Waals surface area contributed by atoms with Crippen LogP contribution in [0.5, 0.6) is 5.75 Å². The van der Waals surface area contributed by atoms with Crippen LogP contribution in [0.4, 0.5) is 5.13 Å². The van der Waals surface area contributed by atoms with Gasteiger partial charge in [0.05, 0.1) is 18.5 Å². The number of aryl methyl sites for hydroxylation is 2. The van der Waals surface area contributed by atoms with Crippen LogP contribution in [-0.2, 0) is 24.2 Å². The number of methoxy groups -OCH3 is 1. The molecule has 0 bridgehead atoms. The molecule has 1 aliphatic carbocycles. The Hall–Kier alpha value is -3.00. The molecule has 0 fully saturated rings. The first kappa shape index (κ1) is 18.4. The van der Waals surface area contributed by atoms with Crippen molar-refractivity contribution in [3.8, 4) is 17.0 Å². The molecule has 1 amide bonds. The average molecular weight is 396 g/mol. The molecule has 144 valence electrons. The maximum atomic E-state index is 12.4. The lowest BCUT2D eigenvalue weighted by molar-refractivity contribution is -0.117. The van der Waals surface area contributed by atoms with Crippen molar-refractivity contribution >= 4 is 22.4 Å². The summed E-state index contributed by atoms with van der Waals surface area (Å²) in [6.45, 7) is -0.175. The molecule has 1 aliphatic rings. The topological polar surface area (TPSA) is 86.1 Å². The van der Waals surface area contributed by atoms with Gasteiger partial charge in [-0.25, -0.2) is 9.67 Å². The van der Waals surface area contributed by atoms with Crippen LogP contribution in [0, 0.1) is 0 Å². The van der Waals surface area contributed by atoms with E-state index in [4.69, 9.17) is 4.74 Å². The smallest absolute Gasteiger partial charge is 0.267 e. The van der Waals surface area contributed by atoms with Gasteiger partial charge in [-0.15, -0.1) is 11.3 Å². The molecule has 0 aliphatic heterocycles. The van der Waals surface area contributed by atoms with E-state index in [0.717, 1.165) is 41.6 Å². The zero-order chi connectivity index (χ0) is 19.5. The van der Waals surface area contributed by atoms with Crippen LogP contribution in [0.15, 0.2) is 41.2 Å². The number of hydrogen-bond donors (Lipinski definition) is 1. The van der Waals surface area contributed by atoms with Crippen LogP contribution < -0.4 is 15.6 Å². The van der Waals surface area contributed by atoms with Crippen molar-refractivity contribution < 1.29 is 9.53 Å².